The Morgan fingerprint density at radius 2 is 1.86 bits per heavy atom. The number of aryl methyl sites for hydroxylation is 1. The Kier molecular flexibility index (Phi) is 11.2. The molecule has 0 radical (unpaired) electrons. The summed E-state index contributed by atoms with van der Waals surface area (Å²) < 4.78 is 10.0. The minimum absolute atomic E-state index is 0.0365. The van der Waals surface area contributed by atoms with Crippen LogP contribution < -0.4 is 10.6 Å². The number of nitrogens with one attached hydrogen (secondary N) is 2. The van der Waals surface area contributed by atoms with Gasteiger partial charge >= 0.3 is 12.1 Å². The highest BCUT2D eigenvalue weighted by Crippen LogP contribution is 2.26. The second kappa shape index (κ2) is 13.3. The summed E-state index contributed by atoms with van der Waals surface area (Å²) in [4.78, 5) is 51.2. The number of hydrogen-bond acceptors (Lipinski definition) is 7. The van der Waals surface area contributed by atoms with Crippen LogP contribution in [0.2, 0.25) is 0 Å². The van der Waals surface area contributed by atoms with E-state index < -0.39 is 48.2 Å². The van der Waals surface area contributed by atoms with Gasteiger partial charge in [-0.2, -0.15) is 0 Å². The molecule has 192 valence electrons. The summed E-state index contributed by atoms with van der Waals surface area (Å²) in [7, 11) is 0. The highest BCUT2D eigenvalue weighted by molar-refractivity contribution is 5.93. The van der Waals surface area contributed by atoms with E-state index in [0.29, 0.717) is 5.56 Å². The molecule has 10 heteroatoms. The SMILES string of the molecule is C#CN(C(=O)C(CO)NC(=O)OC(C)(C)C)C(C(=O)NCCC(=O)OCC)c1cccc(C)c1C. The van der Waals surface area contributed by atoms with Crippen LogP contribution in [0.5, 0.6) is 0 Å². The van der Waals surface area contributed by atoms with E-state index in [1.165, 1.54) is 0 Å². The van der Waals surface area contributed by atoms with Crippen molar-refractivity contribution in [2.24, 2.45) is 0 Å². The van der Waals surface area contributed by atoms with Crippen molar-refractivity contribution in [3.63, 3.8) is 0 Å². The first-order valence-corrected chi connectivity index (χ1v) is 11.2. The van der Waals surface area contributed by atoms with Gasteiger partial charge in [0.1, 0.15) is 17.7 Å². The smallest absolute Gasteiger partial charge is 0.408 e. The number of alkyl carbamates (subject to hydrolysis) is 1. The third-order valence-corrected chi connectivity index (χ3v) is 4.93. The molecule has 2 unspecified atom stereocenters. The van der Waals surface area contributed by atoms with Gasteiger partial charge in [-0.25, -0.2) is 4.79 Å². The first-order chi connectivity index (χ1) is 16.4. The molecule has 0 aliphatic carbocycles. The second-order valence-electron chi connectivity index (χ2n) is 8.76. The van der Waals surface area contributed by atoms with E-state index in [9.17, 15) is 24.3 Å². The number of hydrogen-bond donors (Lipinski definition) is 3. The molecule has 0 spiro atoms. The minimum atomic E-state index is -1.46. The number of aliphatic hydroxyl groups is 1. The number of ether oxygens (including phenoxy) is 2. The molecule has 3 N–H and O–H groups in total. The lowest BCUT2D eigenvalue weighted by molar-refractivity contribution is -0.143. The molecular weight excluding hydrogens is 454 g/mol. The highest BCUT2D eigenvalue weighted by Gasteiger charge is 2.36. The van der Waals surface area contributed by atoms with Gasteiger partial charge in [0, 0.05) is 12.6 Å². The Morgan fingerprint density at radius 1 is 1.20 bits per heavy atom. The van der Waals surface area contributed by atoms with Gasteiger partial charge in [0.2, 0.25) is 5.91 Å². The molecule has 0 saturated carbocycles. The van der Waals surface area contributed by atoms with E-state index in [0.717, 1.165) is 16.0 Å². The van der Waals surface area contributed by atoms with Crippen molar-refractivity contribution < 1.29 is 33.8 Å². The van der Waals surface area contributed by atoms with Crippen molar-refractivity contribution >= 4 is 23.9 Å². The summed E-state index contributed by atoms with van der Waals surface area (Å²) in [5.74, 6) is -2.00. The third kappa shape index (κ3) is 8.94. The highest BCUT2D eigenvalue weighted by atomic mass is 16.6. The van der Waals surface area contributed by atoms with Crippen molar-refractivity contribution in [3.8, 4) is 12.5 Å². The lowest BCUT2D eigenvalue weighted by Gasteiger charge is -2.30. The summed E-state index contributed by atoms with van der Waals surface area (Å²) in [6.45, 7) is 9.64. The maximum absolute atomic E-state index is 13.3. The first-order valence-electron chi connectivity index (χ1n) is 11.2. The normalized spacial score (nSPS) is 12.5. The number of rotatable bonds is 10. The Balaban J connectivity index is 3.27. The average molecular weight is 490 g/mol. The van der Waals surface area contributed by atoms with E-state index in [-0.39, 0.29) is 19.6 Å². The molecule has 1 aromatic rings. The van der Waals surface area contributed by atoms with Crippen molar-refractivity contribution in [2.75, 3.05) is 19.8 Å². The number of amides is 3. The summed E-state index contributed by atoms with van der Waals surface area (Å²) in [5, 5.41) is 14.7. The zero-order valence-corrected chi connectivity index (χ0v) is 21.1. The Bertz CT molecular complexity index is 963. The molecule has 1 rings (SSSR count). The van der Waals surface area contributed by atoms with E-state index in [2.05, 4.69) is 16.7 Å². The second-order valence-corrected chi connectivity index (χ2v) is 8.76. The van der Waals surface area contributed by atoms with Crippen LogP contribution in [0.25, 0.3) is 0 Å². The lowest BCUT2D eigenvalue weighted by Crippen LogP contribution is -2.53. The standard InChI is InChI=1S/C25H35N3O7/c1-8-28(23(32)19(15-29)27-24(33)35-25(5,6)7)21(18-12-10-11-16(3)17(18)4)22(31)26-14-13-20(30)34-9-2/h1,10-12,19,21,29H,9,13-15H2,2-7H3,(H,26,31)(H,27,33). The van der Waals surface area contributed by atoms with Crippen LogP contribution in [0, 0.1) is 26.3 Å². The Hall–Kier alpha value is -3.58. The van der Waals surface area contributed by atoms with Crippen LogP contribution in [0.15, 0.2) is 18.2 Å². The molecule has 0 aliphatic heterocycles. The molecule has 0 saturated heterocycles. The van der Waals surface area contributed by atoms with Gasteiger partial charge in [0.25, 0.3) is 5.91 Å². The number of carbonyl (C=O) groups is 4. The molecule has 0 heterocycles. The average Bonchev–Trinajstić information content (AvgIpc) is 2.76. The number of carbonyl (C=O) groups excluding carboxylic acids is 4. The van der Waals surface area contributed by atoms with Crippen molar-refractivity contribution in [3.05, 3.63) is 34.9 Å². The van der Waals surface area contributed by atoms with Gasteiger partial charge in [-0.3, -0.25) is 19.3 Å². The number of aliphatic hydroxyl groups excluding tert-OH is 1. The van der Waals surface area contributed by atoms with Crippen LogP contribution >= 0.6 is 0 Å². The quantitative estimate of drug-likeness (QED) is 0.259. The van der Waals surface area contributed by atoms with Gasteiger partial charge in [-0.15, -0.1) is 0 Å². The molecule has 0 aromatic heterocycles. The molecular formula is C25H35N3O7. The molecule has 0 aliphatic rings. The molecule has 35 heavy (non-hydrogen) atoms. The molecule has 0 bridgehead atoms. The maximum atomic E-state index is 13.3. The van der Waals surface area contributed by atoms with E-state index in [4.69, 9.17) is 15.9 Å². The van der Waals surface area contributed by atoms with Gasteiger partial charge in [0.05, 0.1) is 19.6 Å². The number of esters is 1. The monoisotopic (exact) mass is 489 g/mol. The molecule has 2 atom stereocenters. The maximum Gasteiger partial charge on any atom is 0.408 e. The number of terminal acetylenes is 1. The molecule has 3 amide bonds. The summed E-state index contributed by atoms with van der Waals surface area (Å²) in [5.41, 5.74) is 1.21. The minimum Gasteiger partial charge on any atom is -0.466 e. The van der Waals surface area contributed by atoms with Crippen LogP contribution in [0.3, 0.4) is 0 Å². The van der Waals surface area contributed by atoms with Crippen molar-refractivity contribution in [1.29, 1.82) is 0 Å². The molecule has 0 fully saturated rings. The number of nitrogens with zero attached hydrogens (tertiary/aromatic N) is 1. The van der Waals surface area contributed by atoms with E-state index in [1.807, 2.05) is 13.0 Å². The predicted molar refractivity (Wildman–Crippen MR) is 129 cm³/mol. The predicted octanol–water partition coefficient (Wildman–Crippen LogP) is 1.72. The van der Waals surface area contributed by atoms with Gasteiger partial charge in [0.15, 0.2) is 0 Å². The molecule has 1 aromatic carbocycles. The zero-order valence-electron chi connectivity index (χ0n) is 21.1. The third-order valence-electron chi connectivity index (χ3n) is 4.93. The summed E-state index contributed by atoms with van der Waals surface area (Å²) in [6, 6.07) is 4.69. The largest absolute Gasteiger partial charge is 0.466 e. The van der Waals surface area contributed by atoms with Gasteiger partial charge in [-0.05, 0) is 58.2 Å². The Labute approximate surface area is 206 Å². The van der Waals surface area contributed by atoms with Crippen molar-refractivity contribution in [2.45, 2.75) is 65.6 Å². The van der Waals surface area contributed by atoms with Gasteiger partial charge < -0.3 is 25.2 Å². The fourth-order valence-corrected chi connectivity index (χ4v) is 3.15. The zero-order chi connectivity index (χ0) is 26.8. The fourth-order valence-electron chi connectivity index (χ4n) is 3.15. The summed E-state index contributed by atoms with van der Waals surface area (Å²) >= 11 is 0. The van der Waals surface area contributed by atoms with Crippen molar-refractivity contribution in [1.82, 2.24) is 15.5 Å². The summed E-state index contributed by atoms with van der Waals surface area (Å²) in [6.07, 6.45) is 4.66. The van der Waals surface area contributed by atoms with Crippen LogP contribution in [0.1, 0.15) is 56.8 Å². The first kappa shape index (κ1) is 29.5. The lowest BCUT2D eigenvalue weighted by atomic mass is 9.95. The Morgan fingerprint density at radius 3 is 2.40 bits per heavy atom. The van der Waals surface area contributed by atoms with Gasteiger partial charge in [-0.1, -0.05) is 24.6 Å². The van der Waals surface area contributed by atoms with Crippen LogP contribution in [0.4, 0.5) is 4.79 Å². The number of benzene rings is 1. The van der Waals surface area contributed by atoms with Crippen LogP contribution in [-0.2, 0) is 23.9 Å². The van der Waals surface area contributed by atoms with E-state index in [1.54, 1.807) is 46.8 Å². The van der Waals surface area contributed by atoms with E-state index >= 15 is 0 Å². The molecule has 10 nitrogen and oxygen atoms in total. The topological polar surface area (TPSA) is 134 Å². The fraction of sp³-hybridized carbons (Fsp3) is 0.520. The van der Waals surface area contributed by atoms with Crippen LogP contribution in [-0.4, -0.2) is 65.3 Å².